The molecule has 3 heterocycles. The van der Waals surface area contributed by atoms with Crippen molar-refractivity contribution in [2.75, 3.05) is 43.1 Å². The maximum atomic E-state index is 13.3. The summed E-state index contributed by atoms with van der Waals surface area (Å²) in [6.45, 7) is 9.34. The predicted molar refractivity (Wildman–Crippen MR) is 132 cm³/mol. The van der Waals surface area contributed by atoms with Crippen LogP contribution >= 0.6 is 0 Å². The van der Waals surface area contributed by atoms with E-state index in [1.165, 1.54) is 6.21 Å². The Morgan fingerprint density at radius 2 is 2.06 bits per heavy atom. The molecule has 2 N–H and O–H groups in total. The van der Waals surface area contributed by atoms with Crippen LogP contribution in [-0.4, -0.2) is 66.0 Å². The normalized spacial score (nSPS) is 15.6. The van der Waals surface area contributed by atoms with Crippen LogP contribution in [0.25, 0.3) is 0 Å². The topological polar surface area (TPSA) is 107 Å². The Balaban J connectivity index is 0.00000149. The van der Waals surface area contributed by atoms with Crippen LogP contribution in [0.3, 0.4) is 0 Å². The van der Waals surface area contributed by atoms with Gasteiger partial charge in [0.15, 0.2) is 0 Å². The van der Waals surface area contributed by atoms with Gasteiger partial charge in [-0.05, 0) is 38.3 Å². The van der Waals surface area contributed by atoms with Gasteiger partial charge in [0.05, 0.1) is 24.1 Å². The Bertz CT molecular complexity index is 993. The Morgan fingerprint density at radius 1 is 1.21 bits per heavy atom. The molecule has 0 atom stereocenters. The average molecular weight is 452 g/mol. The molecule has 1 aromatic heterocycles. The molecule has 1 fully saturated rings. The molecule has 4 rings (SSSR count). The van der Waals surface area contributed by atoms with Crippen LogP contribution in [0.5, 0.6) is 5.88 Å². The molecular formula is C24H33N7O2. The highest BCUT2D eigenvalue weighted by Gasteiger charge is 2.24. The standard InChI is InChI=1S/C22H27N7O2.C2H6/c1-16-5-6-19(27-25-8-7-23)18(14-16)21(30)28-9-3-10-29(12-11-28)22-24-15-17-4-2-13-31-20(17)26-22;1-2/h5-8,14-15,23,27H,2-4,9-13H2,1H3;1-2H3/b23-7?,25-8-;. The Kier molecular flexibility index (Phi) is 8.74. The number of benzene rings is 1. The molecule has 1 amide bonds. The predicted octanol–water partition coefficient (Wildman–Crippen LogP) is 3.54. The molecule has 9 nitrogen and oxygen atoms in total. The first kappa shape index (κ1) is 24.2. The van der Waals surface area contributed by atoms with Crippen molar-refractivity contribution in [2.24, 2.45) is 5.10 Å². The van der Waals surface area contributed by atoms with E-state index in [9.17, 15) is 4.79 Å². The van der Waals surface area contributed by atoms with Crippen LogP contribution in [0.4, 0.5) is 11.6 Å². The summed E-state index contributed by atoms with van der Waals surface area (Å²) in [5.74, 6) is 1.32. The molecule has 0 saturated carbocycles. The summed E-state index contributed by atoms with van der Waals surface area (Å²) in [5.41, 5.74) is 6.14. The highest BCUT2D eigenvalue weighted by molar-refractivity contribution is 6.14. The number of carbonyl (C=O) groups is 1. The van der Waals surface area contributed by atoms with Gasteiger partial charge in [0.25, 0.3) is 5.91 Å². The number of hydrazone groups is 1. The van der Waals surface area contributed by atoms with E-state index in [-0.39, 0.29) is 5.91 Å². The number of carbonyl (C=O) groups excluding carboxylic acids is 1. The smallest absolute Gasteiger partial charge is 0.256 e. The molecule has 33 heavy (non-hydrogen) atoms. The summed E-state index contributed by atoms with van der Waals surface area (Å²) in [7, 11) is 0. The first-order valence-corrected chi connectivity index (χ1v) is 11.6. The fourth-order valence-electron chi connectivity index (χ4n) is 3.83. The molecule has 0 unspecified atom stereocenters. The third-order valence-electron chi connectivity index (χ3n) is 5.45. The van der Waals surface area contributed by atoms with Crippen LogP contribution < -0.4 is 15.1 Å². The van der Waals surface area contributed by atoms with Crippen molar-refractivity contribution in [3.8, 4) is 5.88 Å². The second kappa shape index (κ2) is 11.9. The van der Waals surface area contributed by atoms with E-state index in [4.69, 9.17) is 10.1 Å². The van der Waals surface area contributed by atoms with Gasteiger partial charge in [0.1, 0.15) is 0 Å². The van der Waals surface area contributed by atoms with E-state index in [1.54, 1.807) is 0 Å². The van der Waals surface area contributed by atoms with Crippen molar-refractivity contribution >= 4 is 30.0 Å². The summed E-state index contributed by atoms with van der Waals surface area (Å²) in [4.78, 5) is 26.5. The summed E-state index contributed by atoms with van der Waals surface area (Å²) in [5, 5.41) is 11.0. The fraction of sp³-hybridized carbons (Fsp3) is 0.458. The highest BCUT2D eigenvalue weighted by Crippen LogP contribution is 2.25. The minimum atomic E-state index is -0.0344. The number of anilines is 2. The Morgan fingerprint density at radius 3 is 2.88 bits per heavy atom. The maximum absolute atomic E-state index is 13.3. The number of hydrogen-bond acceptors (Lipinski definition) is 8. The zero-order chi connectivity index (χ0) is 23.6. The van der Waals surface area contributed by atoms with Gasteiger partial charge in [-0.15, -0.1) is 0 Å². The van der Waals surface area contributed by atoms with Crippen molar-refractivity contribution in [2.45, 2.75) is 40.0 Å². The largest absolute Gasteiger partial charge is 0.477 e. The lowest BCUT2D eigenvalue weighted by Gasteiger charge is -2.24. The molecule has 0 aliphatic carbocycles. The number of aromatic nitrogens is 2. The number of aryl methyl sites for hydroxylation is 2. The minimum absolute atomic E-state index is 0.0344. The molecule has 0 spiro atoms. The maximum Gasteiger partial charge on any atom is 0.256 e. The summed E-state index contributed by atoms with van der Waals surface area (Å²) >= 11 is 0. The van der Waals surface area contributed by atoms with Crippen molar-refractivity contribution in [3.05, 3.63) is 41.1 Å². The van der Waals surface area contributed by atoms with Gasteiger partial charge in [-0.3, -0.25) is 10.2 Å². The van der Waals surface area contributed by atoms with Crippen LogP contribution in [-0.2, 0) is 6.42 Å². The lowest BCUT2D eigenvalue weighted by atomic mass is 10.1. The minimum Gasteiger partial charge on any atom is -0.477 e. The van der Waals surface area contributed by atoms with Crippen LogP contribution in [0.2, 0.25) is 0 Å². The van der Waals surface area contributed by atoms with Crippen molar-refractivity contribution in [3.63, 3.8) is 0 Å². The van der Waals surface area contributed by atoms with Crippen molar-refractivity contribution in [1.82, 2.24) is 14.9 Å². The molecule has 0 bridgehead atoms. The third kappa shape index (κ3) is 6.06. The molecule has 176 valence electrons. The third-order valence-corrected chi connectivity index (χ3v) is 5.45. The van der Waals surface area contributed by atoms with Gasteiger partial charge >= 0.3 is 0 Å². The molecule has 2 aromatic rings. The number of nitrogens with zero attached hydrogens (tertiary/aromatic N) is 5. The first-order chi connectivity index (χ1) is 16.2. The summed E-state index contributed by atoms with van der Waals surface area (Å²) in [6.07, 6.45) is 7.06. The van der Waals surface area contributed by atoms with Crippen LogP contribution in [0.15, 0.2) is 29.5 Å². The number of amides is 1. The number of ether oxygens (including phenoxy) is 1. The van der Waals surface area contributed by atoms with Gasteiger partial charge in [0, 0.05) is 44.2 Å². The molecule has 1 aromatic carbocycles. The van der Waals surface area contributed by atoms with Crippen LogP contribution in [0, 0.1) is 12.3 Å². The van der Waals surface area contributed by atoms with E-state index < -0.39 is 0 Å². The quantitative estimate of drug-likeness (QED) is 0.532. The van der Waals surface area contributed by atoms with Gasteiger partial charge in [-0.25, -0.2) is 4.98 Å². The number of hydrogen-bond donors (Lipinski definition) is 2. The molecule has 2 aliphatic heterocycles. The van der Waals surface area contributed by atoms with E-state index in [0.29, 0.717) is 49.3 Å². The van der Waals surface area contributed by atoms with E-state index in [2.05, 4.69) is 25.4 Å². The first-order valence-electron chi connectivity index (χ1n) is 11.6. The molecule has 0 radical (unpaired) electrons. The van der Waals surface area contributed by atoms with Gasteiger partial charge in [-0.2, -0.15) is 10.1 Å². The highest BCUT2D eigenvalue weighted by atomic mass is 16.5. The molecule has 2 aliphatic rings. The zero-order valence-corrected chi connectivity index (χ0v) is 19.7. The van der Waals surface area contributed by atoms with Crippen molar-refractivity contribution < 1.29 is 9.53 Å². The Labute approximate surface area is 195 Å². The van der Waals surface area contributed by atoms with Gasteiger partial charge in [-0.1, -0.05) is 25.5 Å². The lowest BCUT2D eigenvalue weighted by molar-refractivity contribution is 0.0768. The van der Waals surface area contributed by atoms with Gasteiger partial charge < -0.3 is 19.9 Å². The van der Waals surface area contributed by atoms with Gasteiger partial charge in [0.2, 0.25) is 11.8 Å². The molecule has 1 saturated heterocycles. The van der Waals surface area contributed by atoms with E-state index in [1.807, 2.05) is 50.1 Å². The second-order valence-electron chi connectivity index (χ2n) is 7.69. The fourth-order valence-corrected chi connectivity index (χ4v) is 3.83. The van der Waals surface area contributed by atoms with Crippen LogP contribution in [0.1, 0.15) is 48.2 Å². The molecular weight excluding hydrogens is 418 g/mol. The summed E-state index contributed by atoms with van der Waals surface area (Å²) in [6, 6.07) is 5.64. The molecule has 9 heteroatoms. The number of nitrogens with one attached hydrogen (secondary N) is 2. The Hall–Kier alpha value is -3.49. The average Bonchev–Trinajstić information content (AvgIpc) is 3.12. The second-order valence-corrected chi connectivity index (χ2v) is 7.69. The van der Waals surface area contributed by atoms with E-state index in [0.717, 1.165) is 43.1 Å². The van der Waals surface area contributed by atoms with E-state index >= 15 is 0 Å². The monoisotopic (exact) mass is 451 g/mol. The number of fused-ring (bicyclic) bond motifs is 1. The summed E-state index contributed by atoms with van der Waals surface area (Å²) < 4.78 is 5.69. The van der Waals surface area contributed by atoms with Crippen molar-refractivity contribution in [1.29, 1.82) is 5.41 Å². The SMILES string of the molecule is CC.Cc1ccc(N/N=C\C=N)c(C(=O)N2CCCN(c3ncc4c(n3)OCCC4)CC2)c1. The number of rotatable bonds is 5. The lowest BCUT2D eigenvalue weighted by Crippen LogP contribution is -2.36. The zero-order valence-electron chi connectivity index (χ0n) is 19.7.